The van der Waals surface area contributed by atoms with Crippen molar-refractivity contribution in [2.45, 2.75) is 6.42 Å². The van der Waals surface area contributed by atoms with Gasteiger partial charge in [-0.2, -0.15) is 11.8 Å². The van der Waals surface area contributed by atoms with Gasteiger partial charge in [0.2, 0.25) is 11.8 Å². The van der Waals surface area contributed by atoms with Crippen LogP contribution < -0.4 is 11.1 Å². The average molecular weight is 288 g/mol. The summed E-state index contributed by atoms with van der Waals surface area (Å²) in [7, 11) is 0. The van der Waals surface area contributed by atoms with E-state index in [1.807, 2.05) is 0 Å². The lowest BCUT2D eigenvalue weighted by Crippen LogP contribution is -2.16. The Balaban J connectivity index is 2.38. The SMILES string of the molecule is NC(=O)CSCCC(=O)Nc1sccc1C(=O)O. The van der Waals surface area contributed by atoms with Gasteiger partial charge in [-0.25, -0.2) is 4.79 Å². The Bertz CT molecular complexity index is 458. The van der Waals surface area contributed by atoms with E-state index < -0.39 is 11.9 Å². The number of thiophene rings is 1. The van der Waals surface area contributed by atoms with Gasteiger partial charge in [0, 0.05) is 12.2 Å². The molecule has 0 saturated heterocycles. The number of anilines is 1. The summed E-state index contributed by atoms with van der Waals surface area (Å²) in [6, 6.07) is 1.43. The van der Waals surface area contributed by atoms with Crippen LogP contribution in [0.25, 0.3) is 0 Å². The minimum Gasteiger partial charge on any atom is -0.478 e. The number of aromatic carboxylic acids is 1. The number of amides is 2. The van der Waals surface area contributed by atoms with Crippen LogP contribution in [0.5, 0.6) is 0 Å². The summed E-state index contributed by atoms with van der Waals surface area (Å²) in [6.07, 6.45) is 0.203. The van der Waals surface area contributed by atoms with Gasteiger partial charge >= 0.3 is 5.97 Å². The van der Waals surface area contributed by atoms with Gasteiger partial charge in [-0.1, -0.05) is 0 Å². The number of thioether (sulfide) groups is 1. The fourth-order valence-corrected chi connectivity index (χ4v) is 2.57. The Morgan fingerprint density at radius 2 is 2.17 bits per heavy atom. The zero-order valence-electron chi connectivity index (χ0n) is 9.34. The van der Waals surface area contributed by atoms with Gasteiger partial charge in [-0.05, 0) is 11.4 Å². The number of rotatable bonds is 7. The van der Waals surface area contributed by atoms with Crippen LogP contribution in [-0.4, -0.2) is 34.4 Å². The zero-order chi connectivity index (χ0) is 13.5. The number of hydrogen-bond donors (Lipinski definition) is 3. The minimum absolute atomic E-state index is 0.0816. The number of nitrogens with one attached hydrogen (secondary N) is 1. The summed E-state index contributed by atoms with van der Waals surface area (Å²) < 4.78 is 0. The predicted molar refractivity (Wildman–Crippen MR) is 71.0 cm³/mol. The summed E-state index contributed by atoms with van der Waals surface area (Å²) in [5.41, 5.74) is 5.03. The first kappa shape index (κ1) is 14.5. The molecule has 1 heterocycles. The van der Waals surface area contributed by atoms with Gasteiger partial charge in [-0.15, -0.1) is 11.3 Å². The molecule has 1 aromatic heterocycles. The van der Waals surface area contributed by atoms with Crippen LogP contribution in [0.3, 0.4) is 0 Å². The van der Waals surface area contributed by atoms with Gasteiger partial charge in [0.25, 0.3) is 0 Å². The maximum Gasteiger partial charge on any atom is 0.338 e. The first-order valence-corrected chi connectivity index (χ1v) is 7.01. The summed E-state index contributed by atoms with van der Waals surface area (Å²) in [6.45, 7) is 0. The quantitative estimate of drug-likeness (QED) is 0.648. The van der Waals surface area contributed by atoms with E-state index in [0.29, 0.717) is 10.8 Å². The summed E-state index contributed by atoms with van der Waals surface area (Å²) in [4.78, 5) is 32.8. The first-order chi connectivity index (χ1) is 8.50. The van der Waals surface area contributed by atoms with E-state index in [-0.39, 0.29) is 23.6 Å². The number of carboxylic acids is 1. The Morgan fingerprint density at radius 1 is 1.44 bits per heavy atom. The molecule has 4 N–H and O–H groups in total. The van der Waals surface area contributed by atoms with Crippen molar-refractivity contribution in [1.29, 1.82) is 0 Å². The van der Waals surface area contributed by atoms with Gasteiger partial charge in [0.1, 0.15) is 5.00 Å². The van der Waals surface area contributed by atoms with Crippen LogP contribution in [0.15, 0.2) is 11.4 Å². The van der Waals surface area contributed by atoms with Crippen LogP contribution in [0, 0.1) is 0 Å². The molecular weight excluding hydrogens is 276 g/mol. The maximum atomic E-state index is 11.5. The predicted octanol–water partition coefficient (Wildman–Crippen LogP) is 0.993. The van der Waals surface area contributed by atoms with Crippen molar-refractivity contribution in [2.75, 3.05) is 16.8 Å². The molecule has 0 aromatic carbocycles. The molecule has 1 rings (SSSR count). The van der Waals surface area contributed by atoms with E-state index in [1.165, 1.54) is 17.8 Å². The summed E-state index contributed by atoms with van der Waals surface area (Å²) >= 11 is 2.42. The van der Waals surface area contributed by atoms with Crippen LogP contribution in [0.2, 0.25) is 0 Å². The first-order valence-electron chi connectivity index (χ1n) is 4.97. The van der Waals surface area contributed by atoms with E-state index in [1.54, 1.807) is 5.38 Å². The molecule has 18 heavy (non-hydrogen) atoms. The minimum atomic E-state index is -1.07. The average Bonchev–Trinajstić information content (AvgIpc) is 2.72. The van der Waals surface area contributed by atoms with Crippen molar-refractivity contribution < 1.29 is 19.5 Å². The number of nitrogens with two attached hydrogens (primary N) is 1. The molecule has 6 nitrogen and oxygen atoms in total. The van der Waals surface area contributed by atoms with E-state index in [2.05, 4.69) is 5.32 Å². The molecule has 0 unspecified atom stereocenters. The van der Waals surface area contributed by atoms with E-state index >= 15 is 0 Å². The molecule has 0 aliphatic rings. The van der Waals surface area contributed by atoms with Crippen molar-refractivity contribution in [2.24, 2.45) is 5.73 Å². The lowest BCUT2D eigenvalue weighted by Gasteiger charge is -2.03. The molecule has 0 aliphatic carbocycles. The molecule has 1 aromatic rings. The maximum absolute atomic E-state index is 11.5. The van der Waals surface area contributed by atoms with E-state index in [0.717, 1.165) is 11.3 Å². The van der Waals surface area contributed by atoms with Gasteiger partial charge < -0.3 is 16.2 Å². The Hall–Kier alpha value is -1.54. The fraction of sp³-hybridized carbons (Fsp3) is 0.300. The molecule has 0 spiro atoms. The van der Waals surface area contributed by atoms with Crippen LogP contribution in [0.1, 0.15) is 16.8 Å². The highest BCUT2D eigenvalue weighted by molar-refractivity contribution is 7.99. The van der Waals surface area contributed by atoms with E-state index in [4.69, 9.17) is 10.8 Å². The largest absolute Gasteiger partial charge is 0.478 e. The Labute approximate surface area is 112 Å². The smallest absolute Gasteiger partial charge is 0.338 e. The number of carbonyl (C=O) groups excluding carboxylic acids is 2. The molecule has 0 radical (unpaired) electrons. The molecule has 8 heteroatoms. The van der Waals surface area contributed by atoms with Crippen LogP contribution in [0.4, 0.5) is 5.00 Å². The molecule has 98 valence electrons. The summed E-state index contributed by atoms with van der Waals surface area (Å²) in [5.74, 6) is -1.15. The normalized spacial score (nSPS) is 10.0. The third kappa shape index (κ3) is 4.76. The van der Waals surface area contributed by atoms with Crippen molar-refractivity contribution in [3.63, 3.8) is 0 Å². The molecule has 0 fully saturated rings. The monoisotopic (exact) mass is 288 g/mol. The topological polar surface area (TPSA) is 109 Å². The highest BCUT2D eigenvalue weighted by Crippen LogP contribution is 2.23. The molecule has 0 bridgehead atoms. The lowest BCUT2D eigenvalue weighted by atomic mass is 10.3. The third-order valence-electron chi connectivity index (χ3n) is 1.87. The van der Waals surface area contributed by atoms with Crippen molar-refractivity contribution in [3.05, 3.63) is 17.0 Å². The second kappa shape index (κ2) is 7.02. The number of carbonyl (C=O) groups is 3. The zero-order valence-corrected chi connectivity index (χ0v) is 11.0. The second-order valence-corrected chi connectivity index (χ2v) is 5.31. The fourth-order valence-electron chi connectivity index (χ4n) is 1.10. The second-order valence-electron chi connectivity index (χ2n) is 3.29. The molecular formula is C10H12N2O4S2. The molecule has 0 aliphatic heterocycles. The molecule has 0 atom stereocenters. The number of hydrogen-bond acceptors (Lipinski definition) is 5. The number of carboxylic acid groups (broad SMARTS) is 1. The highest BCUT2D eigenvalue weighted by atomic mass is 32.2. The van der Waals surface area contributed by atoms with Gasteiger partial charge in [0.15, 0.2) is 0 Å². The van der Waals surface area contributed by atoms with Crippen molar-refractivity contribution in [3.8, 4) is 0 Å². The van der Waals surface area contributed by atoms with Crippen LogP contribution >= 0.6 is 23.1 Å². The van der Waals surface area contributed by atoms with Crippen LogP contribution in [-0.2, 0) is 9.59 Å². The molecule has 0 saturated carbocycles. The summed E-state index contributed by atoms with van der Waals surface area (Å²) in [5, 5.41) is 13.3. The third-order valence-corrected chi connectivity index (χ3v) is 3.68. The number of primary amides is 1. The van der Waals surface area contributed by atoms with E-state index in [9.17, 15) is 14.4 Å². The van der Waals surface area contributed by atoms with Gasteiger partial charge in [0.05, 0.1) is 11.3 Å². The highest BCUT2D eigenvalue weighted by Gasteiger charge is 2.13. The lowest BCUT2D eigenvalue weighted by molar-refractivity contribution is -0.116. The van der Waals surface area contributed by atoms with Crippen molar-refractivity contribution in [1.82, 2.24) is 0 Å². The molecule has 2 amide bonds. The Morgan fingerprint density at radius 3 is 2.78 bits per heavy atom. The van der Waals surface area contributed by atoms with Gasteiger partial charge in [-0.3, -0.25) is 9.59 Å². The van der Waals surface area contributed by atoms with Crippen molar-refractivity contribution >= 4 is 45.9 Å². The Kier molecular flexibility index (Phi) is 5.66. The standard InChI is InChI=1S/C10H12N2O4S2/c11-7(13)5-17-3-2-8(14)12-9-6(10(15)16)1-4-18-9/h1,4H,2-3,5H2,(H2,11,13)(H,12,14)(H,15,16).